The summed E-state index contributed by atoms with van der Waals surface area (Å²) in [7, 11) is -5.61. The summed E-state index contributed by atoms with van der Waals surface area (Å²) in [5.74, 6) is -1.35. The Bertz CT molecular complexity index is 433. The second-order valence-corrected chi connectivity index (χ2v) is 5.18. The predicted octanol–water partition coefficient (Wildman–Crippen LogP) is 1.27. The second kappa shape index (κ2) is 3.85. The van der Waals surface area contributed by atoms with Gasteiger partial charge in [-0.15, -0.1) is 0 Å². The first-order chi connectivity index (χ1) is 7.74. The van der Waals surface area contributed by atoms with Gasteiger partial charge >= 0.3 is 15.6 Å². The summed E-state index contributed by atoms with van der Waals surface area (Å²) in [6.07, 6.45) is 1.27. The molecule has 2 rings (SSSR count). The number of halogens is 3. The summed E-state index contributed by atoms with van der Waals surface area (Å²) in [4.78, 5) is 0. The summed E-state index contributed by atoms with van der Waals surface area (Å²) >= 11 is 0. The van der Waals surface area contributed by atoms with Crippen molar-refractivity contribution in [2.45, 2.75) is 24.1 Å². The topological polar surface area (TPSA) is 61.8 Å². The van der Waals surface area contributed by atoms with Crippen molar-refractivity contribution in [3.63, 3.8) is 0 Å². The number of rotatable bonds is 2. The molecular weight excluding hydrogens is 265 g/mol. The summed E-state index contributed by atoms with van der Waals surface area (Å²) in [5.41, 5.74) is -5.43. The van der Waals surface area contributed by atoms with Gasteiger partial charge in [0.1, 0.15) is 5.76 Å². The Balaban J connectivity index is 2.03. The molecule has 0 atom stereocenters. The van der Waals surface area contributed by atoms with Crippen LogP contribution in [0, 0.1) is 0 Å². The molecule has 1 saturated heterocycles. The van der Waals surface area contributed by atoms with E-state index in [1.54, 1.807) is 0 Å². The molecule has 0 N–H and O–H groups in total. The highest BCUT2D eigenvalue weighted by Crippen LogP contribution is 2.39. The first-order valence-electron chi connectivity index (χ1n) is 4.72. The lowest BCUT2D eigenvalue weighted by molar-refractivity contribution is -0.149. The van der Waals surface area contributed by atoms with E-state index in [-0.39, 0.29) is 18.6 Å². The van der Waals surface area contributed by atoms with Gasteiger partial charge in [0, 0.05) is 6.42 Å². The Morgan fingerprint density at radius 1 is 1.29 bits per heavy atom. The predicted molar refractivity (Wildman–Crippen MR) is 48.0 cm³/mol. The van der Waals surface area contributed by atoms with Crippen LogP contribution in [-0.2, 0) is 23.8 Å². The average molecular weight is 274 g/mol. The molecule has 17 heavy (non-hydrogen) atoms. The van der Waals surface area contributed by atoms with Gasteiger partial charge in [0.05, 0.1) is 19.6 Å². The number of hydrogen-bond donors (Lipinski definition) is 0. The molecule has 0 radical (unpaired) electrons. The van der Waals surface area contributed by atoms with Crippen molar-refractivity contribution in [3.8, 4) is 0 Å². The summed E-state index contributed by atoms with van der Waals surface area (Å²) in [6.45, 7) is 0.653. The zero-order valence-electron chi connectivity index (χ0n) is 8.49. The molecule has 0 amide bonds. The molecule has 1 fully saturated rings. The molecule has 1 heterocycles. The van der Waals surface area contributed by atoms with E-state index in [1.165, 1.54) is 6.08 Å². The van der Waals surface area contributed by atoms with E-state index in [1.807, 2.05) is 0 Å². The second-order valence-electron chi connectivity index (χ2n) is 3.64. The van der Waals surface area contributed by atoms with E-state index >= 15 is 0 Å². The van der Waals surface area contributed by atoms with Crippen LogP contribution in [-0.4, -0.2) is 32.9 Å². The van der Waals surface area contributed by atoms with Gasteiger partial charge in [-0.3, -0.25) is 0 Å². The minimum Gasteiger partial charge on any atom is -0.381 e. The van der Waals surface area contributed by atoms with Crippen LogP contribution in [0.15, 0.2) is 11.8 Å². The van der Waals surface area contributed by atoms with Gasteiger partial charge in [-0.25, -0.2) is 0 Å². The third-order valence-electron chi connectivity index (χ3n) is 2.40. The molecular formula is C8H9F3O5S. The lowest BCUT2D eigenvalue weighted by Gasteiger charge is -2.21. The largest absolute Gasteiger partial charge is 0.534 e. The summed E-state index contributed by atoms with van der Waals surface area (Å²) in [6, 6.07) is 0. The van der Waals surface area contributed by atoms with Gasteiger partial charge in [0.15, 0.2) is 5.79 Å². The minimum absolute atomic E-state index is 0.137. The Kier molecular flexibility index (Phi) is 2.87. The molecule has 0 unspecified atom stereocenters. The maximum Gasteiger partial charge on any atom is 0.534 e. The van der Waals surface area contributed by atoms with E-state index in [4.69, 9.17) is 9.47 Å². The van der Waals surface area contributed by atoms with Crippen molar-refractivity contribution < 1.29 is 35.2 Å². The molecule has 1 aliphatic heterocycles. The zero-order chi connectivity index (χ0) is 12.7. The first kappa shape index (κ1) is 12.7. The van der Waals surface area contributed by atoms with E-state index < -0.39 is 21.4 Å². The molecule has 5 nitrogen and oxygen atoms in total. The van der Waals surface area contributed by atoms with Crippen LogP contribution in [0.2, 0.25) is 0 Å². The van der Waals surface area contributed by atoms with E-state index in [9.17, 15) is 21.6 Å². The van der Waals surface area contributed by atoms with Gasteiger partial charge in [-0.1, -0.05) is 0 Å². The van der Waals surface area contributed by atoms with Crippen molar-refractivity contribution in [3.05, 3.63) is 11.8 Å². The van der Waals surface area contributed by atoms with Crippen molar-refractivity contribution in [2.24, 2.45) is 0 Å². The van der Waals surface area contributed by atoms with Crippen molar-refractivity contribution >= 4 is 10.1 Å². The number of alkyl halides is 3. The summed E-state index contributed by atoms with van der Waals surface area (Å²) in [5, 5.41) is 0. The third-order valence-corrected chi connectivity index (χ3v) is 3.40. The Labute approximate surface area is 95.3 Å². The molecule has 0 saturated carbocycles. The van der Waals surface area contributed by atoms with Gasteiger partial charge in [-0.2, -0.15) is 21.6 Å². The highest BCUT2D eigenvalue weighted by Gasteiger charge is 2.50. The normalized spacial score (nSPS) is 24.1. The molecule has 0 aromatic rings. The Morgan fingerprint density at radius 2 is 1.88 bits per heavy atom. The van der Waals surface area contributed by atoms with Gasteiger partial charge in [-0.05, 0) is 6.08 Å². The Morgan fingerprint density at radius 3 is 2.41 bits per heavy atom. The van der Waals surface area contributed by atoms with Crippen LogP contribution < -0.4 is 0 Å². The maximum atomic E-state index is 12.1. The van der Waals surface area contributed by atoms with Crippen LogP contribution in [0.5, 0.6) is 0 Å². The lowest BCUT2D eigenvalue weighted by atomic mass is 10.2. The van der Waals surface area contributed by atoms with E-state index in [0.29, 0.717) is 13.2 Å². The van der Waals surface area contributed by atoms with Crippen LogP contribution in [0.1, 0.15) is 12.8 Å². The number of ether oxygens (including phenoxy) is 2. The molecule has 0 bridgehead atoms. The SMILES string of the molecule is O=S(=O)(OC1=CCC2(C1)OCCO2)C(F)(F)F. The fourth-order valence-electron chi connectivity index (χ4n) is 1.65. The van der Waals surface area contributed by atoms with Crippen molar-refractivity contribution in [1.29, 1.82) is 0 Å². The monoisotopic (exact) mass is 274 g/mol. The van der Waals surface area contributed by atoms with Crippen LogP contribution in [0.25, 0.3) is 0 Å². The standard InChI is InChI=1S/C8H9F3O5S/c9-8(10,11)17(12,13)16-6-1-2-7(5-6)14-3-4-15-7/h1H,2-5H2. The number of hydrogen-bond acceptors (Lipinski definition) is 5. The van der Waals surface area contributed by atoms with Crippen molar-refractivity contribution in [1.82, 2.24) is 0 Å². The van der Waals surface area contributed by atoms with E-state index in [0.717, 1.165) is 0 Å². The van der Waals surface area contributed by atoms with Gasteiger partial charge < -0.3 is 13.7 Å². The highest BCUT2D eigenvalue weighted by atomic mass is 32.2. The van der Waals surface area contributed by atoms with Crippen LogP contribution in [0.3, 0.4) is 0 Å². The van der Waals surface area contributed by atoms with Crippen LogP contribution >= 0.6 is 0 Å². The smallest absolute Gasteiger partial charge is 0.381 e. The molecule has 0 aromatic heterocycles. The van der Waals surface area contributed by atoms with Gasteiger partial charge in [0.2, 0.25) is 0 Å². The minimum atomic E-state index is -5.61. The van der Waals surface area contributed by atoms with E-state index in [2.05, 4.69) is 4.18 Å². The summed E-state index contributed by atoms with van der Waals surface area (Å²) < 4.78 is 72.0. The third kappa shape index (κ3) is 2.40. The molecule has 1 aliphatic carbocycles. The van der Waals surface area contributed by atoms with Crippen LogP contribution in [0.4, 0.5) is 13.2 Å². The first-order valence-corrected chi connectivity index (χ1v) is 6.13. The average Bonchev–Trinajstić information content (AvgIpc) is 2.75. The lowest BCUT2D eigenvalue weighted by Crippen LogP contribution is -2.28. The van der Waals surface area contributed by atoms with Crippen molar-refractivity contribution in [2.75, 3.05) is 13.2 Å². The fourth-order valence-corrected chi connectivity index (χ4v) is 2.15. The molecule has 2 aliphatic rings. The zero-order valence-corrected chi connectivity index (χ0v) is 9.31. The fraction of sp³-hybridized carbons (Fsp3) is 0.750. The molecule has 1 spiro atoms. The molecule has 9 heteroatoms. The quantitative estimate of drug-likeness (QED) is 0.560. The van der Waals surface area contributed by atoms with Gasteiger partial charge in [0.25, 0.3) is 0 Å². The highest BCUT2D eigenvalue weighted by molar-refractivity contribution is 7.87. The Hall–Kier alpha value is -0.800. The maximum absolute atomic E-state index is 12.1. The molecule has 98 valence electrons. The molecule has 0 aromatic carbocycles.